The second kappa shape index (κ2) is 9.81. The number of nitrogens with one attached hydrogen (secondary N) is 1. The molecule has 158 valence electrons. The highest BCUT2D eigenvalue weighted by atomic mass is 16.4. The van der Waals surface area contributed by atoms with Gasteiger partial charge in [-0.3, -0.25) is 9.69 Å². The summed E-state index contributed by atoms with van der Waals surface area (Å²) in [5.74, 6) is 1.17. The summed E-state index contributed by atoms with van der Waals surface area (Å²) in [5, 5.41) is 1.10. The normalized spacial score (nSPS) is 14.9. The summed E-state index contributed by atoms with van der Waals surface area (Å²) in [5.41, 5.74) is 2.96. The second-order valence-corrected chi connectivity index (χ2v) is 8.00. The zero-order chi connectivity index (χ0) is 20.8. The molecular weight excluding hydrogens is 373 g/mol. The van der Waals surface area contributed by atoms with E-state index in [4.69, 9.17) is 4.74 Å². The van der Waals surface area contributed by atoms with Gasteiger partial charge in [0.25, 0.3) is 0 Å². The molecule has 5 nitrogen and oxygen atoms in total. The molecule has 0 aliphatic carbocycles. The molecule has 5 heteroatoms. The van der Waals surface area contributed by atoms with Gasteiger partial charge in [0.05, 0.1) is 18.5 Å². The number of carbonyl (C=O) groups excluding carboxylic acids is 1. The number of aromatic nitrogens is 1. The molecule has 0 unspecified atom stereocenters. The van der Waals surface area contributed by atoms with E-state index < -0.39 is 0 Å². The number of unbranched alkanes of at least 4 members (excludes halogenated alkanes) is 2. The first-order chi connectivity index (χ1) is 14.7. The van der Waals surface area contributed by atoms with Crippen LogP contribution in [0.5, 0.6) is 5.75 Å². The van der Waals surface area contributed by atoms with E-state index in [9.17, 15) is 4.79 Å². The Morgan fingerprint density at radius 3 is 2.53 bits per heavy atom. The first kappa shape index (κ1) is 20.5. The van der Waals surface area contributed by atoms with Crippen LogP contribution in [0.1, 0.15) is 36.2 Å². The van der Waals surface area contributed by atoms with Crippen LogP contribution in [0.2, 0.25) is 0 Å². The highest BCUT2D eigenvalue weighted by molar-refractivity contribution is 5.99. The van der Waals surface area contributed by atoms with E-state index in [0.717, 1.165) is 74.3 Å². The minimum atomic E-state index is 0.219. The van der Waals surface area contributed by atoms with E-state index >= 15 is 0 Å². The van der Waals surface area contributed by atoms with Gasteiger partial charge in [0.2, 0.25) is 0 Å². The van der Waals surface area contributed by atoms with Crippen molar-refractivity contribution in [3.63, 3.8) is 0 Å². The predicted molar refractivity (Wildman–Crippen MR) is 123 cm³/mol. The van der Waals surface area contributed by atoms with Crippen LogP contribution in [0.4, 0.5) is 5.69 Å². The topological polar surface area (TPSA) is 48.6 Å². The Morgan fingerprint density at radius 1 is 0.967 bits per heavy atom. The fourth-order valence-corrected chi connectivity index (χ4v) is 4.26. The number of hydrogen-bond acceptors (Lipinski definition) is 4. The number of aromatic amines is 1. The van der Waals surface area contributed by atoms with Crippen LogP contribution in [-0.2, 0) is 0 Å². The van der Waals surface area contributed by atoms with Gasteiger partial charge in [-0.05, 0) is 43.7 Å². The van der Waals surface area contributed by atoms with Gasteiger partial charge in [-0.1, -0.05) is 36.8 Å². The van der Waals surface area contributed by atoms with Gasteiger partial charge in [0, 0.05) is 43.5 Å². The number of piperazine rings is 1. The van der Waals surface area contributed by atoms with Crippen molar-refractivity contribution in [1.82, 2.24) is 9.88 Å². The lowest BCUT2D eigenvalue weighted by atomic mass is 10.1. The Morgan fingerprint density at radius 2 is 1.73 bits per heavy atom. The van der Waals surface area contributed by atoms with Crippen LogP contribution < -0.4 is 9.64 Å². The number of H-pyrrole nitrogens is 1. The molecule has 30 heavy (non-hydrogen) atoms. The fraction of sp³-hybridized carbons (Fsp3) is 0.400. The standard InChI is InChI=1S/C25H31N3O2/c1-30-25-13-7-6-11-23(25)28-17-15-27(16-18-28)14-8-2-3-12-24(29)22-19-20-9-4-5-10-21(20)26-22/h4-7,9-11,13,19,26H,2-3,8,12,14-18H2,1H3/i1-1. The quantitative estimate of drug-likeness (QED) is 0.413. The first-order valence-electron chi connectivity index (χ1n) is 11.0. The van der Waals surface area contributed by atoms with Crippen LogP contribution in [0, 0.1) is 0 Å². The summed E-state index contributed by atoms with van der Waals surface area (Å²) in [6.45, 7) is 5.32. The van der Waals surface area contributed by atoms with Gasteiger partial charge in [0.15, 0.2) is 5.78 Å². The molecule has 1 aliphatic rings. The van der Waals surface area contributed by atoms with Crippen molar-refractivity contribution >= 4 is 22.4 Å². The molecular formula is C25H31N3O2. The summed E-state index contributed by atoms with van der Waals surface area (Å²) in [6.07, 6.45) is 3.82. The first-order valence-corrected chi connectivity index (χ1v) is 11.0. The predicted octanol–water partition coefficient (Wildman–Crippen LogP) is 4.74. The third-order valence-electron chi connectivity index (χ3n) is 6.01. The van der Waals surface area contributed by atoms with Crippen molar-refractivity contribution in [1.29, 1.82) is 0 Å². The van der Waals surface area contributed by atoms with E-state index in [2.05, 4.69) is 26.9 Å². The third kappa shape index (κ3) is 4.85. The molecule has 0 radical (unpaired) electrons. The number of hydrogen-bond donors (Lipinski definition) is 1. The molecule has 0 amide bonds. The lowest BCUT2D eigenvalue weighted by molar-refractivity contribution is 0.0974. The van der Waals surface area contributed by atoms with Crippen molar-refractivity contribution < 1.29 is 9.53 Å². The zero-order valence-electron chi connectivity index (χ0n) is 17.8. The van der Waals surface area contributed by atoms with E-state index in [1.165, 1.54) is 5.69 Å². The monoisotopic (exact) mass is 404 g/mol. The number of para-hydroxylation sites is 3. The molecule has 1 N–H and O–H groups in total. The molecule has 1 fully saturated rings. The van der Waals surface area contributed by atoms with Crippen LogP contribution in [0.25, 0.3) is 10.9 Å². The van der Waals surface area contributed by atoms with Crippen molar-refractivity contribution in [2.75, 3.05) is 44.7 Å². The molecule has 0 atom stereocenters. The molecule has 0 saturated carbocycles. The maximum atomic E-state index is 12.4. The Kier molecular flexibility index (Phi) is 6.70. The molecule has 1 saturated heterocycles. The highest BCUT2D eigenvalue weighted by Gasteiger charge is 2.19. The van der Waals surface area contributed by atoms with Crippen molar-refractivity contribution in [2.24, 2.45) is 0 Å². The summed E-state index contributed by atoms with van der Waals surface area (Å²) >= 11 is 0. The number of carbonyl (C=O) groups is 1. The van der Waals surface area contributed by atoms with Crippen LogP contribution in [0.15, 0.2) is 54.6 Å². The Labute approximate surface area is 178 Å². The Bertz CT molecular complexity index is 940. The molecule has 2 heterocycles. The average Bonchev–Trinajstić information content (AvgIpc) is 3.24. The largest absolute Gasteiger partial charge is 0.495 e. The molecule has 4 rings (SSSR count). The van der Waals surface area contributed by atoms with Crippen molar-refractivity contribution in [3.05, 3.63) is 60.3 Å². The summed E-state index contributed by atoms with van der Waals surface area (Å²) in [6, 6.07) is 18.3. The number of methoxy groups -OCH3 is 1. The van der Waals surface area contributed by atoms with Crippen molar-refractivity contribution in [3.8, 4) is 5.75 Å². The molecule has 1 aromatic heterocycles. The number of benzene rings is 2. The Balaban J connectivity index is 1.15. The summed E-state index contributed by atoms with van der Waals surface area (Å²) in [4.78, 5) is 20.6. The highest BCUT2D eigenvalue weighted by Crippen LogP contribution is 2.28. The lowest BCUT2D eigenvalue weighted by Crippen LogP contribution is -2.46. The molecule has 1 aliphatic heterocycles. The summed E-state index contributed by atoms with van der Waals surface area (Å²) in [7, 11) is 1.73. The van der Waals surface area contributed by atoms with Crippen LogP contribution >= 0.6 is 0 Å². The minimum Gasteiger partial charge on any atom is -0.495 e. The molecule has 3 aromatic rings. The fourth-order valence-electron chi connectivity index (χ4n) is 4.26. The average molecular weight is 405 g/mol. The number of anilines is 1. The minimum absolute atomic E-state index is 0.219. The number of ether oxygens (including phenoxy) is 1. The van der Waals surface area contributed by atoms with Gasteiger partial charge < -0.3 is 14.6 Å². The lowest BCUT2D eigenvalue weighted by Gasteiger charge is -2.36. The van der Waals surface area contributed by atoms with Gasteiger partial charge in [-0.25, -0.2) is 0 Å². The van der Waals surface area contributed by atoms with E-state index in [1.54, 1.807) is 7.11 Å². The number of ketones is 1. The smallest absolute Gasteiger partial charge is 0.179 e. The maximum Gasteiger partial charge on any atom is 0.179 e. The van der Waals surface area contributed by atoms with Gasteiger partial charge in [-0.15, -0.1) is 0 Å². The summed E-state index contributed by atoms with van der Waals surface area (Å²) < 4.78 is 5.50. The second-order valence-electron chi connectivity index (χ2n) is 8.00. The maximum absolute atomic E-state index is 12.4. The molecule has 2 aromatic carbocycles. The zero-order valence-corrected chi connectivity index (χ0v) is 17.8. The number of nitrogens with zero attached hydrogens (tertiary/aromatic N) is 2. The van der Waals surface area contributed by atoms with Crippen LogP contribution in [-0.4, -0.2) is 55.5 Å². The van der Waals surface area contributed by atoms with Crippen LogP contribution in [0.3, 0.4) is 0 Å². The SMILES string of the molecule is [11CH3]Oc1ccccc1N1CCN(CCCCCC(=O)c2cc3ccccc3[nH]2)CC1. The van der Waals surface area contributed by atoms with Crippen molar-refractivity contribution in [2.45, 2.75) is 25.7 Å². The molecule has 0 spiro atoms. The van der Waals surface area contributed by atoms with Gasteiger partial charge in [0.1, 0.15) is 5.75 Å². The number of Topliss-reactive ketones (excluding diaryl/α,β-unsaturated/α-hetero) is 1. The van der Waals surface area contributed by atoms with Gasteiger partial charge >= 0.3 is 0 Å². The number of rotatable bonds is 9. The van der Waals surface area contributed by atoms with Gasteiger partial charge in [-0.2, -0.15) is 0 Å². The third-order valence-corrected chi connectivity index (χ3v) is 6.01. The number of fused-ring (bicyclic) bond motifs is 1. The van der Waals surface area contributed by atoms with E-state index in [-0.39, 0.29) is 5.78 Å². The van der Waals surface area contributed by atoms with E-state index in [0.29, 0.717) is 6.42 Å². The van der Waals surface area contributed by atoms with E-state index in [1.807, 2.05) is 42.5 Å². The molecule has 0 bridgehead atoms. The Hall–Kier alpha value is -2.79.